The SMILES string of the molecule is CC.[B]N1CCC(N2CCC(/C(C)=C/C(=C\C=C)C(C)(CCCCC)CN(C)c3cccc(C)c3C(=C)N=C)CC2)C(C)(F)C1. The summed E-state index contributed by atoms with van der Waals surface area (Å²) >= 11 is 0. The normalized spacial score (nSPS) is 23.4. The summed E-state index contributed by atoms with van der Waals surface area (Å²) in [5, 5.41) is 0. The number of rotatable bonds is 14. The van der Waals surface area contributed by atoms with E-state index in [-0.39, 0.29) is 11.5 Å². The number of hydrogen-bond donors (Lipinski definition) is 0. The monoisotopic (exact) mass is 617 g/mol. The summed E-state index contributed by atoms with van der Waals surface area (Å²) in [6, 6.07) is 6.33. The van der Waals surface area contributed by atoms with Crippen LogP contribution in [0.5, 0.6) is 0 Å². The number of unbranched alkanes of at least 4 members (excludes halogenated alkanes) is 2. The summed E-state index contributed by atoms with van der Waals surface area (Å²) in [5.41, 5.74) is 5.43. The molecule has 3 rings (SSSR count). The zero-order valence-electron chi connectivity index (χ0n) is 30.0. The molecule has 2 fully saturated rings. The van der Waals surface area contributed by atoms with Gasteiger partial charge in [-0.05, 0) is 95.9 Å². The van der Waals surface area contributed by atoms with E-state index in [1.807, 2.05) is 19.9 Å². The van der Waals surface area contributed by atoms with Crippen molar-refractivity contribution in [3.05, 3.63) is 71.9 Å². The van der Waals surface area contributed by atoms with Crippen molar-refractivity contribution in [3.63, 3.8) is 0 Å². The Bertz CT molecular complexity index is 1180. The third-order valence-electron chi connectivity index (χ3n) is 9.95. The Labute approximate surface area is 277 Å². The number of alkyl halides is 1. The molecule has 4 nitrogen and oxygen atoms in total. The number of likely N-dealkylation sites (tertiary alicyclic amines) is 1. The van der Waals surface area contributed by atoms with E-state index in [2.05, 4.69) is 99.8 Å². The van der Waals surface area contributed by atoms with E-state index in [0.29, 0.717) is 18.2 Å². The summed E-state index contributed by atoms with van der Waals surface area (Å²) < 4.78 is 15.5. The van der Waals surface area contributed by atoms with Gasteiger partial charge in [-0.1, -0.05) is 96.0 Å². The lowest BCUT2D eigenvalue weighted by Gasteiger charge is -2.47. The molecule has 2 aliphatic rings. The van der Waals surface area contributed by atoms with Crippen LogP contribution in [0.1, 0.15) is 97.6 Å². The Balaban J connectivity index is 0.00000345. The molecular formula is C39H62BFN4. The maximum atomic E-state index is 15.5. The Kier molecular flexibility index (Phi) is 15.5. The number of aryl methyl sites for hydroxylation is 1. The topological polar surface area (TPSA) is 22.1 Å². The minimum atomic E-state index is -1.28. The first-order valence-electron chi connectivity index (χ1n) is 17.3. The fraction of sp³-hybridized carbons (Fsp3) is 0.615. The van der Waals surface area contributed by atoms with Gasteiger partial charge in [0.2, 0.25) is 0 Å². The second kappa shape index (κ2) is 18.0. The second-order valence-corrected chi connectivity index (χ2v) is 13.6. The number of benzene rings is 1. The predicted molar refractivity (Wildman–Crippen MR) is 198 cm³/mol. The van der Waals surface area contributed by atoms with Crippen molar-refractivity contribution in [2.24, 2.45) is 16.3 Å². The maximum Gasteiger partial charge on any atom is 0.182 e. The highest BCUT2D eigenvalue weighted by Crippen LogP contribution is 2.40. The molecule has 248 valence electrons. The van der Waals surface area contributed by atoms with Crippen LogP contribution in [0.25, 0.3) is 5.70 Å². The molecule has 1 aromatic carbocycles. The van der Waals surface area contributed by atoms with Crippen molar-refractivity contribution in [2.75, 3.05) is 44.7 Å². The zero-order chi connectivity index (χ0) is 33.8. The number of halogens is 1. The van der Waals surface area contributed by atoms with Crippen molar-refractivity contribution in [1.29, 1.82) is 0 Å². The van der Waals surface area contributed by atoms with Crippen LogP contribution < -0.4 is 4.90 Å². The van der Waals surface area contributed by atoms with Crippen molar-refractivity contribution in [1.82, 2.24) is 9.71 Å². The average molecular weight is 617 g/mol. The molecule has 1 aromatic rings. The zero-order valence-corrected chi connectivity index (χ0v) is 30.0. The summed E-state index contributed by atoms with van der Waals surface area (Å²) in [4.78, 5) is 10.6. The molecule has 2 radical (unpaired) electrons. The lowest BCUT2D eigenvalue weighted by molar-refractivity contribution is -0.0193. The second-order valence-electron chi connectivity index (χ2n) is 13.6. The molecule has 0 bridgehead atoms. The molecule has 0 N–H and O–H groups in total. The molecule has 2 heterocycles. The minimum absolute atomic E-state index is 0.0509. The van der Waals surface area contributed by atoms with Gasteiger partial charge in [0.25, 0.3) is 0 Å². The number of nitrogens with zero attached hydrogens (tertiary/aromatic N) is 4. The molecule has 2 aliphatic heterocycles. The van der Waals surface area contributed by atoms with Gasteiger partial charge in [0, 0.05) is 42.8 Å². The van der Waals surface area contributed by atoms with Crippen LogP contribution in [0.15, 0.2) is 65.7 Å². The lowest BCUT2D eigenvalue weighted by atomic mass is 9.74. The molecule has 3 atom stereocenters. The van der Waals surface area contributed by atoms with Gasteiger partial charge in [-0.25, -0.2) is 4.39 Å². The quantitative estimate of drug-likeness (QED) is 0.0900. The fourth-order valence-electron chi connectivity index (χ4n) is 7.43. The molecule has 2 saturated heterocycles. The molecule has 45 heavy (non-hydrogen) atoms. The van der Waals surface area contributed by atoms with Crippen LogP contribution in [0.2, 0.25) is 0 Å². The molecular weight excluding hydrogens is 554 g/mol. The molecule has 0 spiro atoms. The van der Waals surface area contributed by atoms with Crippen LogP contribution >= 0.6 is 0 Å². The first kappa shape index (κ1) is 38.7. The van der Waals surface area contributed by atoms with Gasteiger partial charge in [0.15, 0.2) is 7.98 Å². The number of allylic oxidation sites excluding steroid dienone is 4. The van der Waals surface area contributed by atoms with Crippen LogP contribution in [0.3, 0.4) is 0 Å². The third kappa shape index (κ3) is 10.3. The number of aliphatic imine (C=N–C) groups is 1. The number of anilines is 1. The summed E-state index contributed by atoms with van der Waals surface area (Å²) in [6.07, 6.45) is 14.2. The average Bonchev–Trinajstić information content (AvgIpc) is 3.01. The van der Waals surface area contributed by atoms with Crippen molar-refractivity contribution < 1.29 is 4.39 Å². The van der Waals surface area contributed by atoms with E-state index in [0.717, 1.165) is 68.7 Å². The fourth-order valence-corrected chi connectivity index (χ4v) is 7.43. The highest BCUT2D eigenvalue weighted by atomic mass is 19.1. The summed E-state index contributed by atoms with van der Waals surface area (Å²) in [6.45, 7) is 30.6. The largest absolute Gasteiger partial charge is 0.373 e. The van der Waals surface area contributed by atoms with E-state index in [1.54, 1.807) is 11.7 Å². The van der Waals surface area contributed by atoms with Crippen molar-refractivity contribution >= 4 is 26.1 Å². The van der Waals surface area contributed by atoms with E-state index in [9.17, 15) is 0 Å². The van der Waals surface area contributed by atoms with Gasteiger partial charge in [-0.2, -0.15) is 0 Å². The van der Waals surface area contributed by atoms with Crippen LogP contribution in [0.4, 0.5) is 10.1 Å². The Morgan fingerprint density at radius 2 is 1.87 bits per heavy atom. The summed E-state index contributed by atoms with van der Waals surface area (Å²) in [7, 11) is 8.13. The van der Waals surface area contributed by atoms with Gasteiger partial charge >= 0.3 is 0 Å². The van der Waals surface area contributed by atoms with Gasteiger partial charge < -0.3 is 9.71 Å². The number of hydrogen-bond acceptors (Lipinski definition) is 4. The minimum Gasteiger partial charge on any atom is -0.373 e. The predicted octanol–water partition coefficient (Wildman–Crippen LogP) is 9.37. The van der Waals surface area contributed by atoms with Crippen molar-refractivity contribution in [3.8, 4) is 0 Å². The molecule has 0 saturated carbocycles. The molecule has 3 unspecified atom stereocenters. The van der Waals surface area contributed by atoms with E-state index in [4.69, 9.17) is 7.98 Å². The van der Waals surface area contributed by atoms with Gasteiger partial charge in [-0.3, -0.25) is 9.89 Å². The van der Waals surface area contributed by atoms with Gasteiger partial charge in [-0.15, -0.1) is 0 Å². The van der Waals surface area contributed by atoms with Gasteiger partial charge in [0.1, 0.15) is 5.67 Å². The molecule has 6 heteroatoms. The number of piperidine rings is 2. The first-order valence-corrected chi connectivity index (χ1v) is 17.3. The van der Waals surface area contributed by atoms with Crippen LogP contribution in [-0.2, 0) is 0 Å². The standard InChI is InChI=1S/C37H56BFN4.C2H6/c1-10-12-13-21-36(6,26-41(9)33-17-14-16-28(3)35(33)30(5)40-8)32(15-11-2)25-29(4)31-18-22-42(23-19-31)34-20-24-43(38)27-37(34,7)39;1-2/h11,14-17,25,31,34H,2,5,8,10,12-13,18-24,26-27H2,1,3-4,6-7,9H3;1-2H3/b29-25+,32-15+;. The molecule has 0 aromatic heterocycles. The highest BCUT2D eigenvalue weighted by Gasteiger charge is 2.43. The highest BCUT2D eigenvalue weighted by molar-refractivity contribution is 6.04. The Morgan fingerprint density at radius 3 is 2.44 bits per heavy atom. The smallest absolute Gasteiger partial charge is 0.182 e. The van der Waals surface area contributed by atoms with E-state index < -0.39 is 5.67 Å². The van der Waals surface area contributed by atoms with E-state index >= 15 is 4.39 Å². The third-order valence-corrected chi connectivity index (χ3v) is 9.95. The molecule has 0 amide bonds. The Morgan fingerprint density at radius 1 is 1.20 bits per heavy atom. The maximum absolute atomic E-state index is 15.5. The van der Waals surface area contributed by atoms with Crippen LogP contribution in [0, 0.1) is 18.3 Å². The first-order chi connectivity index (χ1) is 21.4. The van der Waals surface area contributed by atoms with Crippen LogP contribution in [-0.4, -0.2) is 75.9 Å². The lowest BCUT2D eigenvalue weighted by Crippen LogP contribution is -2.59. The van der Waals surface area contributed by atoms with Gasteiger partial charge in [0.05, 0.1) is 5.70 Å². The summed E-state index contributed by atoms with van der Waals surface area (Å²) in [5.74, 6) is 0.493. The van der Waals surface area contributed by atoms with Crippen molar-refractivity contribution in [2.45, 2.75) is 105 Å². The molecule has 0 aliphatic carbocycles. The Hall–Kier alpha value is -2.44. The van der Waals surface area contributed by atoms with E-state index in [1.165, 1.54) is 30.4 Å².